The number of pyridine rings is 1. The Balaban J connectivity index is 1.53. The second-order valence-electron chi connectivity index (χ2n) is 8.28. The first-order valence-corrected chi connectivity index (χ1v) is 13.0. The van der Waals surface area contributed by atoms with E-state index < -0.39 is 0 Å². The molecule has 2 aromatic heterocycles. The molecular weight excluding hydrogens is 553 g/mol. The Bertz CT molecular complexity index is 1420. The molecule has 37 heavy (non-hydrogen) atoms. The van der Waals surface area contributed by atoms with E-state index >= 15 is 0 Å². The van der Waals surface area contributed by atoms with E-state index in [-0.39, 0.29) is 12.1 Å². The standard InChI is InChI=1S/C27H22Cl3N3O3S/c1-34-12-13-35-23-8-6-17(15-20(23)30)33-26(25(32-27(33)37)21-4-2-3-11-31-21)24-10-9-22(36-24)16-5-7-18(28)19(29)14-16/h2-11,14-15,25-26H,12-13H2,1H3,(H,32,37)/t25-,26+/m0/s1. The number of methoxy groups -OCH3 is 1. The van der Waals surface area contributed by atoms with Crippen molar-refractivity contribution in [3.8, 4) is 17.1 Å². The number of rotatable bonds is 8. The number of halogens is 3. The molecule has 1 aliphatic heterocycles. The van der Waals surface area contributed by atoms with E-state index in [1.54, 1.807) is 25.4 Å². The van der Waals surface area contributed by atoms with Crippen molar-refractivity contribution in [1.29, 1.82) is 0 Å². The Hall–Kier alpha value is -2.81. The minimum Gasteiger partial charge on any atom is -0.490 e. The maximum atomic E-state index is 6.58. The van der Waals surface area contributed by atoms with Gasteiger partial charge in [-0.3, -0.25) is 4.98 Å². The quantitative estimate of drug-likeness (QED) is 0.173. The minimum absolute atomic E-state index is 0.266. The average Bonchev–Trinajstić information content (AvgIpc) is 3.52. The van der Waals surface area contributed by atoms with Crippen LogP contribution in [0.2, 0.25) is 15.1 Å². The second kappa shape index (κ2) is 11.3. The van der Waals surface area contributed by atoms with Crippen LogP contribution in [0, 0.1) is 0 Å². The first-order valence-electron chi connectivity index (χ1n) is 11.4. The van der Waals surface area contributed by atoms with Gasteiger partial charge in [-0.15, -0.1) is 0 Å². The van der Waals surface area contributed by atoms with Gasteiger partial charge in [0, 0.05) is 24.6 Å². The van der Waals surface area contributed by atoms with Crippen LogP contribution in [-0.4, -0.2) is 30.4 Å². The zero-order chi connectivity index (χ0) is 25.9. The van der Waals surface area contributed by atoms with Crippen LogP contribution in [0.15, 0.2) is 77.3 Å². The number of anilines is 1. The Labute approximate surface area is 235 Å². The Morgan fingerprint density at radius 1 is 0.973 bits per heavy atom. The van der Waals surface area contributed by atoms with Gasteiger partial charge < -0.3 is 24.1 Å². The number of aromatic nitrogens is 1. The van der Waals surface area contributed by atoms with Gasteiger partial charge in [0.05, 0.1) is 33.4 Å². The van der Waals surface area contributed by atoms with E-state index in [1.807, 2.05) is 59.5 Å². The lowest BCUT2D eigenvalue weighted by Gasteiger charge is -2.26. The number of nitrogens with one attached hydrogen (secondary N) is 1. The van der Waals surface area contributed by atoms with Crippen LogP contribution in [0.3, 0.4) is 0 Å². The van der Waals surface area contributed by atoms with Crippen LogP contribution in [0.5, 0.6) is 5.75 Å². The highest BCUT2D eigenvalue weighted by molar-refractivity contribution is 7.80. The Morgan fingerprint density at radius 3 is 2.57 bits per heavy atom. The van der Waals surface area contributed by atoms with Crippen molar-refractivity contribution in [3.05, 3.63) is 99.4 Å². The van der Waals surface area contributed by atoms with E-state index in [1.165, 1.54) is 0 Å². The highest BCUT2D eigenvalue weighted by Gasteiger charge is 2.42. The van der Waals surface area contributed by atoms with Crippen LogP contribution in [0.1, 0.15) is 23.5 Å². The highest BCUT2D eigenvalue weighted by Crippen LogP contribution is 2.44. The molecule has 3 heterocycles. The van der Waals surface area contributed by atoms with Crippen LogP contribution in [0.25, 0.3) is 11.3 Å². The number of benzene rings is 2. The number of thiocarbonyl (C=S) groups is 1. The van der Waals surface area contributed by atoms with Crippen molar-refractivity contribution in [1.82, 2.24) is 10.3 Å². The van der Waals surface area contributed by atoms with E-state index in [4.69, 9.17) is 60.9 Å². The molecule has 0 radical (unpaired) electrons. The first-order chi connectivity index (χ1) is 18.0. The zero-order valence-electron chi connectivity index (χ0n) is 19.7. The summed E-state index contributed by atoms with van der Waals surface area (Å²) in [7, 11) is 1.62. The van der Waals surface area contributed by atoms with E-state index in [0.29, 0.717) is 50.7 Å². The fourth-order valence-corrected chi connectivity index (χ4v) is 5.10. The van der Waals surface area contributed by atoms with Gasteiger partial charge in [0.25, 0.3) is 0 Å². The Morgan fingerprint density at radius 2 is 1.84 bits per heavy atom. The van der Waals surface area contributed by atoms with Gasteiger partial charge in [-0.05, 0) is 72.9 Å². The third kappa shape index (κ3) is 5.42. The number of hydrogen-bond donors (Lipinski definition) is 1. The lowest BCUT2D eigenvalue weighted by Crippen LogP contribution is -2.29. The van der Waals surface area contributed by atoms with Crippen molar-refractivity contribution in [2.45, 2.75) is 12.1 Å². The highest BCUT2D eigenvalue weighted by atomic mass is 35.5. The van der Waals surface area contributed by atoms with E-state index in [2.05, 4.69) is 10.3 Å². The smallest absolute Gasteiger partial charge is 0.174 e. The molecule has 5 rings (SSSR count). The zero-order valence-corrected chi connectivity index (χ0v) is 22.7. The predicted octanol–water partition coefficient (Wildman–Crippen LogP) is 7.50. The largest absolute Gasteiger partial charge is 0.490 e. The van der Waals surface area contributed by atoms with Crippen molar-refractivity contribution < 1.29 is 13.9 Å². The van der Waals surface area contributed by atoms with Gasteiger partial charge in [0.1, 0.15) is 29.9 Å². The summed E-state index contributed by atoms with van der Waals surface area (Å²) < 4.78 is 17.2. The molecule has 10 heteroatoms. The fraction of sp³-hybridized carbons (Fsp3) is 0.185. The Kier molecular flexibility index (Phi) is 7.88. The minimum atomic E-state index is -0.338. The van der Waals surface area contributed by atoms with Gasteiger partial charge in [0.2, 0.25) is 0 Å². The number of nitrogens with zero attached hydrogens (tertiary/aromatic N) is 2. The lowest BCUT2D eigenvalue weighted by atomic mass is 10.0. The summed E-state index contributed by atoms with van der Waals surface area (Å²) >= 11 is 24.7. The van der Waals surface area contributed by atoms with Crippen LogP contribution in [-0.2, 0) is 4.74 Å². The summed E-state index contributed by atoms with van der Waals surface area (Å²) in [6, 6.07) is 20.0. The van der Waals surface area contributed by atoms with Crippen molar-refractivity contribution >= 4 is 57.8 Å². The third-order valence-corrected chi connectivity index (χ3v) is 7.31. The van der Waals surface area contributed by atoms with Gasteiger partial charge in [0.15, 0.2) is 5.11 Å². The summed E-state index contributed by atoms with van der Waals surface area (Å²) in [5, 5.41) is 5.34. The third-order valence-electron chi connectivity index (χ3n) is 5.96. The molecule has 1 N–H and O–H groups in total. The summed E-state index contributed by atoms with van der Waals surface area (Å²) in [4.78, 5) is 6.56. The van der Waals surface area contributed by atoms with E-state index in [0.717, 1.165) is 16.9 Å². The van der Waals surface area contributed by atoms with Crippen LogP contribution < -0.4 is 15.0 Å². The summed E-state index contributed by atoms with van der Waals surface area (Å²) in [6.07, 6.45) is 1.76. The molecule has 1 aliphatic rings. The predicted molar refractivity (Wildman–Crippen MR) is 151 cm³/mol. The maximum Gasteiger partial charge on any atom is 0.174 e. The molecule has 0 saturated carbocycles. The molecule has 2 aromatic carbocycles. The van der Waals surface area contributed by atoms with Gasteiger partial charge >= 0.3 is 0 Å². The van der Waals surface area contributed by atoms with Crippen molar-refractivity contribution in [3.63, 3.8) is 0 Å². The average molecular weight is 575 g/mol. The summed E-state index contributed by atoms with van der Waals surface area (Å²) in [5.41, 5.74) is 2.43. The SMILES string of the molecule is COCCOc1ccc(N2C(=S)N[C@@H](c3ccccn3)[C@H]2c2ccc(-c3ccc(Cl)c(Cl)c3)o2)cc1Cl. The normalized spacial score (nSPS) is 17.2. The molecule has 0 amide bonds. The first kappa shape index (κ1) is 25.8. The van der Waals surface area contributed by atoms with Crippen LogP contribution in [0.4, 0.5) is 5.69 Å². The van der Waals surface area contributed by atoms with Gasteiger partial charge in [-0.2, -0.15) is 0 Å². The van der Waals surface area contributed by atoms with Crippen molar-refractivity contribution in [2.24, 2.45) is 0 Å². The lowest BCUT2D eigenvalue weighted by molar-refractivity contribution is 0.146. The van der Waals surface area contributed by atoms with Crippen LogP contribution >= 0.6 is 47.0 Å². The molecule has 0 spiro atoms. The number of ether oxygens (including phenoxy) is 2. The molecule has 4 aromatic rings. The molecular formula is C27H22Cl3N3O3S. The monoisotopic (exact) mass is 573 g/mol. The fourth-order valence-electron chi connectivity index (χ4n) is 4.23. The molecule has 0 bridgehead atoms. The van der Waals surface area contributed by atoms with Crippen molar-refractivity contribution in [2.75, 3.05) is 25.2 Å². The molecule has 1 fully saturated rings. The van der Waals surface area contributed by atoms with Gasteiger partial charge in [-0.1, -0.05) is 40.9 Å². The molecule has 2 atom stereocenters. The molecule has 6 nitrogen and oxygen atoms in total. The summed E-state index contributed by atoms with van der Waals surface area (Å²) in [6.45, 7) is 0.860. The molecule has 190 valence electrons. The van der Waals surface area contributed by atoms with Gasteiger partial charge in [-0.25, -0.2) is 0 Å². The second-order valence-corrected chi connectivity index (χ2v) is 9.89. The van der Waals surface area contributed by atoms with E-state index in [9.17, 15) is 0 Å². The molecule has 0 aliphatic carbocycles. The number of hydrogen-bond acceptors (Lipinski definition) is 5. The topological polar surface area (TPSA) is 59.8 Å². The molecule has 0 unspecified atom stereocenters. The molecule has 1 saturated heterocycles. The summed E-state index contributed by atoms with van der Waals surface area (Å²) in [5.74, 6) is 1.92. The maximum absolute atomic E-state index is 6.58. The number of furan rings is 1.